The summed E-state index contributed by atoms with van der Waals surface area (Å²) in [6.07, 6.45) is 1.64. The molecule has 0 radical (unpaired) electrons. The number of nitrogens with one attached hydrogen (secondary N) is 1. The second-order valence-electron chi connectivity index (χ2n) is 7.77. The third kappa shape index (κ3) is 6.70. The number of amides is 1. The van der Waals surface area contributed by atoms with E-state index in [1.807, 2.05) is 36.4 Å². The van der Waals surface area contributed by atoms with Crippen molar-refractivity contribution in [1.29, 1.82) is 0 Å². The Morgan fingerprint density at radius 1 is 0.939 bits per heavy atom. The van der Waals surface area contributed by atoms with Gasteiger partial charge in [0.25, 0.3) is 0 Å². The lowest BCUT2D eigenvalue weighted by atomic mass is 10.1. The lowest BCUT2D eigenvalue weighted by molar-refractivity contribution is -0.118. The van der Waals surface area contributed by atoms with Crippen LogP contribution in [0.3, 0.4) is 0 Å². The van der Waals surface area contributed by atoms with E-state index < -0.39 is 0 Å². The second-order valence-corrected chi connectivity index (χ2v) is 8.75. The Bertz CT molecular complexity index is 1230. The molecule has 1 N–H and O–H groups in total. The highest BCUT2D eigenvalue weighted by molar-refractivity contribution is 7.99. The van der Waals surface area contributed by atoms with Crippen molar-refractivity contribution in [1.82, 2.24) is 5.43 Å². The molecule has 0 heterocycles. The Morgan fingerprint density at radius 3 is 2.52 bits per heavy atom. The topological polar surface area (TPSA) is 50.7 Å². The Hall–Kier alpha value is -3.57. The standard InChI is InChI=1S/C28H26N2O2S/c1-21-9-11-23(12-10-21)19-33-20-28(31)30-29-17-22-13-15-26(16-14-22)32-18-25-7-4-6-24-5-2-3-8-27(24)25/h2-17H,18-20H2,1H3,(H,30,31)/b29-17-. The van der Waals surface area contributed by atoms with E-state index >= 15 is 0 Å². The maximum atomic E-state index is 12.0. The number of hydrazone groups is 1. The van der Waals surface area contributed by atoms with E-state index in [1.54, 1.807) is 18.0 Å². The van der Waals surface area contributed by atoms with E-state index in [4.69, 9.17) is 4.74 Å². The van der Waals surface area contributed by atoms with Gasteiger partial charge in [0.15, 0.2) is 0 Å². The molecular formula is C28H26N2O2S. The molecule has 4 aromatic rings. The maximum Gasteiger partial charge on any atom is 0.250 e. The van der Waals surface area contributed by atoms with Gasteiger partial charge in [-0.3, -0.25) is 4.79 Å². The average Bonchev–Trinajstić information content (AvgIpc) is 2.85. The van der Waals surface area contributed by atoms with Crippen LogP contribution in [0.5, 0.6) is 5.75 Å². The number of thioether (sulfide) groups is 1. The van der Waals surface area contributed by atoms with Crippen LogP contribution in [0, 0.1) is 6.92 Å². The fourth-order valence-corrected chi connectivity index (χ4v) is 4.17. The molecule has 0 aromatic heterocycles. The molecule has 0 aliphatic carbocycles. The number of rotatable bonds is 9. The number of aryl methyl sites for hydroxylation is 1. The minimum absolute atomic E-state index is 0.113. The quantitative estimate of drug-likeness (QED) is 0.245. The molecule has 0 saturated heterocycles. The van der Waals surface area contributed by atoms with E-state index in [9.17, 15) is 4.79 Å². The molecule has 4 aromatic carbocycles. The van der Waals surface area contributed by atoms with Crippen LogP contribution in [0.1, 0.15) is 22.3 Å². The van der Waals surface area contributed by atoms with Crippen LogP contribution in [-0.4, -0.2) is 17.9 Å². The number of hydrogen-bond acceptors (Lipinski definition) is 4. The molecule has 0 fully saturated rings. The number of hydrogen-bond donors (Lipinski definition) is 1. The Morgan fingerprint density at radius 2 is 1.70 bits per heavy atom. The van der Waals surface area contributed by atoms with Gasteiger partial charge in [-0.2, -0.15) is 5.10 Å². The molecule has 0 saturated carbocycles. The number of benzene rings is 4. The van der Waals surface area contributed by atoms with Gasteiger partial charge in [-0.15, -0.1) is 11.8 Å². The number of ether oxygens (including phenoxy) is 1. The molecule has 4 rings (SSSR count). The van der Waals surface area contributed by atoms with Crippen molar-refractivity contribution in [3.8, 4) is 5.75 Å². The van der Waals surface area contributed by atoms with E-state index in [-0.39, 0.29) is 5.91 Å². The molecular weight excluding hydrogens is 428 g/mol. The van der Waals surface area contributed by atoms with Gasteiger partial charge in [0.05, 0.1) is 12.0 Å². The van der Waals surface area contributed by atoms with Gasteiger partial charge in [-0.1, -0.05) is 72.3 Å². The Balaban J connectivity index is 1.21. The molecule has 0 aliphatic rings. The van der Waals surface area contributed by atoms with E-state index in [0.717, 1.165) is 22.6 Å². The van der Waals surface area contributed by atoms with Crippen LogP contribution in [0.15, 0.2) is 96.1 Å². The molecule has 0 atom stereocenters. The predicted molar refractivity (Wildman–Crippen MR) is 138 cm³/mol. The molecule has 4 nitrogen and oxygen atoms in total. The number of carbonyl (C=O) groups is 1. The maximum absolute atomic E-state index is 12.0. The summed E-state index contributed by atoms with van der Waals surface area (Å²) in [7, 11) is 0. The highest BCUT2D eigenvalue weighted by Crippen LogP contribution is 2.21. The van der Waals surface area contributed by atoms with Gasteiger partial charge in [-0.25, -0.2) is 5.43 Å². The third-order valence-corrected chi connectivity index (χ3v) is 6.18. The first-order valence-corrected chi connectivity index (χ1v) is 12.0. The first-order chi connectivity index (χ1) is 16.2. The summed E-state index contributed by atoms with van der Waals surface area (Å²) in [5.74, 6) is 1.85. The van der Waals surface area contributed by atoms with Gasteiger partial charge < -0.3 is 4.74 Å². The molecule has 0 spiro atoms. The van der Waals surface area contributed by atoms with Gasteiger partial charge in [0.1, 0.15) is 12.4 Å². The largest absolute Gasteiger partial charge is 0.489 e. The van der Waals surface area contributed by atoms with Crippen LogP contribution in [-0.2, 0) is 17.2 Å². The van der Waals surface area contributed by atoms with Crippen LogP contribution in [0.4, 0.5) is 0 Å². The van der Waals surface area contributed by atoms with E-state index in [1.165, 1.54) is 21.9 Å². The molecule has 1 amide bonds. The van der Waals surface area contributed by atoms with Crippen LogP contribution >= 0.6 is 11.8 Å². The molecule has 0 unspecified atom stereocenters. The number of fused-ring (bicyclic) bond motifs is 1. The van der Waals surface area contributed by atoms with Gasteiger partial charge >= 0.3 is 0 Å². The van der Waals surface area contributed by atoms with E-state index in [2.05, 4.69) is 72.0 Å². The van der Waals surface area contributed by atoms with Crippen molar-refractivity contribution in [2.75, 3.05) is 5.75 Å². The van der Waals surface area contributed by atoms with Crippen molar-refractivity contribution >= 4 is 34.7 Å². The van der Waals surface area contributed by atoms with Crippen molar-refractivity contribution < 1.29 is 9.53 Å². The van der Waals surface area contributed by atoms with Crippen molar-refractivity contribution in [2.24, 2.45) is 5.10 Å². The van der Waals surface area contributed by atoms with Crippen molar-refractivity contribution in [3.63, 3.8) is 0 Å². The Kier molecular flexibility index (Phi) is 7.77. The van der Waals surface area contributed by atoms with Crippen LogP contribution in [0.2, 0.25) is 0 Å². The van der Waals surface area contributed by atoms with E-state index in [0.29, 0.717) is 12.4 Å². The summed E-state index contributed by atoms with van der Waals surface area (Å²) < 4.78 is 5.97. The minimum atomic E-state index is -0.113. The summed E-state index contributed by atoms with van der Waals surface area (Å²) in [5, 5.41) is 6.47. The summed E-state index contributed by atoms with van der Waals surface area (Å²) in [4.78, 5) is 12.0. The Labute approximate surface area is 198 Å². The summed E-state index contributed by atoms with van der Waals surface area (Å²) >= 11 is 1.57. The fraction of sp³-hybridized carbons (Fsp3) is 0.143. The third-order valence-electron chi connectivity index (χ3n) is 5.18. The lowest BCUT2D eigenvalue weighted by Crippen LogP contribution is -2.19. The smallest absolute Gasteiger partial charge is 0.250 e. The lowest BCUT2D eigenvalue weighted by Gasteiger charge is -2.09. The zero-order valence-corrected chi connectivity index (χ0v) is 19.3. The molecule has 166 valence electrons. The van der Waals surface area contributed by atoms with Crippen LogP contribution < -0.4 is 10.2 Å². The highest BCUT2D eigenvalue weighted by Gasteiger charge is 2.03. The van der Waals surface area contributed by atoms with Crippen LogP contribution in [0.25, 0.3) is 10.8 Å². The molecule has 33 heavy (non-hydrogen) atoms. The molecule has 5 heteroatoms. The summed E-state index contributed by atoms with van der Waals surface area (Å²) in [6.45, 7) is 2.57. The SMILES string of the molecule is Cc1ccc(CSCC(=O)N/N=C\c2ccc(OCc3cccc4ccccc34)cc2)cc1. The van der Waals surface area contributed by atoms with Crippen molar-refractivity contribution in [3.05, 3.63) is 113 Å². The number of carbonyl (C=O) groups excluding carboxylic acids is 1. The highest BCUT2D eigenvalue weighted by atomic mass is 32.2. The van der Waals surface area contributed by atoms with Gasteiger partial charge in [0.2, 0.25) is 5.91 Å². The van der Waals surface area contributed by atoms with Gasteiger partial charge in [0, 0.05) is 5.75 Å². The predicted octanol–water partition coefficient (Wildman–Crippen LogP) is 6.11. The first-order valence-electron chi connectivity index (χ1n) is 10.8. The average molecular weight is 455 g/mol. The zero-order valence-electron chi connectivity index (χ0n) is 18.5. The molecule has 0 bridgehead atoms. The van der Waals surface area contributed by atoms with Crippen molar-refractivity contribution in [2.45, 2.75) is 19.3 Å². The first kappa shape index (κ1) is 22.6. The normalized spacial score (nSPS) is 11.1. The fourth-order valence-electron chi connectivity index (χ4n) is 3.39. The number of nitrogens with zero attached hydrogens (tertiary/aromatic N) is 1. The minimum Gasteiger partial charge on any atom is -0.489 e. The zero-order chi connectivity index (χ0) is 22.9. The van der Waals surface area contributed by atoms with Gasteiger partial charge in [-0.05, 0) is 58.7 Å². The molecule has 0 aliphatic heterocycles. The monoisotopic (exact) mass is 454 g/mol. The summed E-state index contributed by atoms with van der Waals surface area (Å²) in [6, 6.07) is 30.5. The second kappa shape index (κ2) is 11.3. The summed E-state index contributed by atoms with van der Waals surface area (Å²) in [5.41, 5.74) is 7.08.